The molecule has 1 fully saturated rings. The molecule has 0 spiro atoms. The molecule has 120 valence electrons. The van der Waals surface area contributed by atoms with Crippen molar-refractivity contribution in [2.75, 3.05) is 23.3 Å². The van der Waals surface area contributed by atoms with Crippen LogP contribution in [0.2, 0.25) is 5.02 Å². The van der Waals surface area contributed by atoms with Crippen LogP contribution in [0.1, 0.15) is 12.8 Å². The lowest BCUT2D eigenvalue weighted by atomic mass is 9.97. The number of carbonyl (C=O) groups excluding carboxylic acids is 1. The van der Waals surface area contributed by atoms with E-state index in [1.807, 2.05) is 0 Å². The predicted molar refractivity (Wildman–Crippen MR) is 87.0 cm³/mol. The molecule has 1 amide bonds. The Morgan fingerprint density at radius 3 is 3.00 bits per heavy atom. The van der Waals surface area contributed by atoms with Crippen LogP contribution < -0.4 is 10.2 Å². The number of halogens is 2. The highest BCUT2D eigenvalue weighted by Crippen LogP contribution is 2.24. The van der Waals surface area contributed by atoms with Gasteiger partial charge in [-0.15, -0.1) is 0 Å². The second-order valence-electron chi connectivity index (χ2n) is 5.47. The smallest absolute Gasteiger partial charge is 0.229 e. The van der Waals surface area contributed by atoms with Crippen molar-refractivity contribution in [2.24, 2.45) is 5.92 Å². The van der Waals surface area contributed by atoms with Crippen molar-refractivity contribution in [3.05, 3.63) is 47.6 Å². The molecule has 0 aliphatic carbocycles. The van der Waals surface area contributed by atoms with Crippen molar-refractivity contribution in [3.63, 3.8) is 0 Å². The van der Waals surface area contributed by atoms with Crippen LogP contribution in [0.4, 0.5) is 15.9 Å². The summed E-state index contributed by atoms with van der Waals surface area (Å²) in [5.41, 5.74) is 0.498. The van der Waals surface area contributed by atoms with Gasteiger partial charge in [0.25, 0.3) is 0 Å². The number of aromatic nitrogens is 2. The summed E-state index contributed by atoms with van der Waals surface area (Å²) >= 11 is 5.74. The lowest BCUT2D eigenvalue weighted by Gasteiger charge is -2.32. The van der Waals surface area contributed by atoms with E-state index in [4.69, 9.17) is 11.6 Å². The molecule has 2 aromatic rings. The molecule has 1 aliphatic heterocycles. The summed E-state index contributed by atoms with van der Waals surface area (Å²) in [5.74, 6) is 0.0156. The van der Waals surface area contributed by atoms with Crippen LogP contribution in [0.25, 0.3) is 0 Å². The van der Waals surface area contributed by atoms with Crippen molar-refractivity contribution in [3.8, 4) is 0 Å². The van der Waals surface area contributed by atoms with E-state index in [9.17, 15) is 9.18 Å². The molecule has 5 nitrogen and oxygen atoms in total. The third-order valence-corrected chi connectivity index (χ3v) is 4.14. The summed E-state index contributed by atoms with van der Waals surface area (Å²) in [6, 6.07) is 4.16. The lowest BCUT2D eigenvalue weighted by Crippen LogP contribution is -2.41. The second kappa shape index (κ2) is 6.91. The summed E-state index contributed by atoms with van der Waals surface area (Å²) in [6.45, 7) is 1.43. The lowest BCUT2D eigenvalue weighted by molar-refractivity contribution is -0.120. The first-order valence-electron chi connectivity index (χ1n) is 7.40. The van der Waals surface area contributed by atoms with Gasteiger partial charge in [0.15, 0.2) is 0 Å². The fourth-order valence-corrected chi connectivity index (χ4v) is 2.85. The van der Waals surface area contributed by atoms with Crippen LogP contribution in [-0.4, -0.2) is 29.0 Å². The van der Waals surface area contributed by atoms with Crippen molar-refractivity contribution >= 4 is 29.0 Å². The Hall–Kier alpha value is -2.21. The molecular formula is C16H16ClFN4O. The molecule has 1 atom stereocenters. The number of benzene rings is 1. The normalized spacial score (nSPS) is 17.8. The first-order chi connectivity index (χ1) is 11.1. The van der Waals surface area contributed by atoms with E-state index in [1.54, 1.807) is 18.6 Å². The highest BCUT2D eigenvalue weighted by molar-refractivity contribution is 6.31. The SMILES string of the molecule is O=C(Nc1ccc(F)c(Cl)c1)C1CCCN(c2cnccn2)C1. The largest absolute Gasteiger partial charge is 0.355 e. The number of piperidine rings is 1. The number of amides is 1. The molecule has 0 bridgehead atoms. The van der Waals surface area contributed by atoms with Crippen LogP contribution in [-0.2, 0) is 4.79 Å². The monoisotopic (exact) mass is 334 g/mol. The Labute approximate surface area is 138 Å². The maximum atomic E-state index is 13.2. The summed E-state index contributed by atoms with van der Waals surface area (Å²) < 4.78 is 13.2. The second-order valence-corrected chi connectivity index (χ2v) is 5.87. The van der Waals surface area contributed by atoms with Gasteiger partial charge in [0.1, 0.15) is 11.6 Å². The Morgan fingerprint density at radius 2 is 2.26 bits per heavy atom. The van der Waals surface area contributed by atoms with E-state index in [0.29, 0.717) is 12.2 Å². The summed E-state index contributed by atoms with van der Waals surface area (Å²) in [7, 11) is 0. The summed E-state index contributed by atoms with van der Waals surface area (Å²) in [6.07, 6.45) is 6.66. The van der Waals surface area contributed by atoms with Crippen LogP contribution in [0.3, 0.4) is 0 Å². The Kier molecular flexibility index (Phi) is 4.71. The number of hydrogen-bond donors (Lipinski definition) is 1. The van der Waals surface area contributed by atoms with Gasteiger partial charge in [-0.25, -0.2) is 9.37 Å². The van der Waals surface area contributed by atoms with Crippen molar-refractivity contribution < 1.29 is 9.18 Å². The minimum absolute atomic E-state index is 0.00682. The fraction of sp³-hybridized carbons (Fsp3) is 0.312. The number of hydrogen-bond acceptors (Lipinski definition) is 4. The first kappa shape index (κ1) is 15.7. The number of anilines is 2. The molecule has 23 heavy (non-hydrogen) atoms. The first-order valence-corrected chi connectivity index (χ1v) is 7.78. The molecule has 1 saturated heterocycles. The average Bonchev–Trinajstić information content (AvgIpc) is 2.59. The zero-order valence-corrected chi connectivity index (χ0v) is 13.1. The third kappa shape index (κ3) is 3.76. The van der Waals surface area contributed by atoms with Gasteiger partial charge in [0.2, 0.25) is 5.91 Å². The molecule has 7 heteroatoms. The van der Waals surface area contributed by atoms with E-state index in [0.717, 1.165) is 25.2 Å². The average molecular weight is 335 g/mol. The summed E-state index contributed by atoms with van der Waals surface area (Å²) in [5, 5.41) is 2.79. The molecular weight excluding hydrogens is 319 g/mol. The third-order valence-electron chi connectivity index (χ3n) is 3.85. The van der Waals surface area contributed by atoms with Crippen LogP contribution in [0.5, 0.6) is 0 Å². The molecule has 3 rings (SSSR count). The zero-order chi connectivity index (χ0) is 16.2. The fourth-order valence-electron chi connectivity index (χ4n) is 2.67. The van der Waals surface area contributed by atoms with Gasteiger partial charge < -0.3 is 10.2 Å². The minimum Gasteiger partial charge on any atom is -0.355 e. The molecule has 0 saturated carbocycles. The van der Waals surface area contributed by atoms with E-state index in [1.165, 1.54) is 18.2 Å². The van der Waals surface area contributed by atoms with E-state index in [-0.39, 0.29) is 16.8 Å². The number of nitrogens with one attached hydrogen (secondary N) is 1. The topological polar surface area (TPSA) is 58.1 Å². The zero-order valence-electron chi connectivity index (χ0n) is 12.4. The van der Waals surface area contributed by atoms with E-state index < -0.39 is 5.82 Å². The van der Waals surface area contributed by atoms with Gasteiger partial charge >= 0.3 is 0 Å². The number of rotatable bonds is 3. The number of nitrogens with zero attached hydrogens (tertiary/aromatic N) is 3. The molecule has 2 heterocycles. The maximum absolute atomic E-state index is 13.2. The van der Waals surface area contributed by atoms with Crippen molar-refractivity contribution in [2.45, 2.75) is 12.8 Å². The van der Waals surface area contributed by atoms with Gasteiger partial charge in [-0.2, -0.15) is 0 Å². The molecule has 0 radical (unpaired) electrons. The highest BCUT2D eigenvalue weighted by Gasteiger charge is 2.26. The molecule has 1 aromatic heterocycles. The highest BCUT2D eigenvalue weighted by atomic mass is 35.5. The maximum Gasteiger partial charge on any atom is 0.229 e. The molecule has 1 aliphatic rings. The van der Waals surface area contributed by atoms with Gasteiger partial charge in [-0.3, -0.25) is 9.78 Å². The van der Waals surface area contributed by atoms with Crippen LogP contribution in [0, 0.1) is 11.7 Å². The van der Waals surface area contributed by atoms with Crippen LogP contribution >= 0.6 is 11.6 Å². The Balaban J connectivity index is 1.66. The summed E-state index contributed by atoms with van der Waals surface area (Å²) in [4.78, 5) is 22.8. The van der Waals surface area contributed by atoms with Crippen molar-refractivity contribution in [1.82, 2.24) is 9.97 Å². The van der Waals surface area contributed by atoms with Gasteiger partial charge in [-0.1, -0.05) is 11.6 Å². The molecule has 1 unspecified atom stereocenters. The van der Waals surface area contributed by atoms with E-state index >= 15 is 0 Å². The Morgan fingerprint density at radius 1 is 1.39 bits per heavy atom. The van der Waals surface area contributed by atoms with E-state index in [2.05, 4.69) is 20.2 Å². The van der Waals surface area contributed by atoms with Gasteiger partial charge in [-0.05, 0) is 31.0 Å². The standard InChI is InChI=1S/C16H16ClFN4O/c17-13-8-12(3-4-14(13)18)21-16(23)11-2-1-7-22(10-11)15-9-19-5-6-20-15/h3-6,8-9,11H,1-2,7,10H2,(H,21,23). The molecule has 1 aromatic carbocycles. The number of carbonyl (C=O) groups is 1. The van der Waals surface area contributed by atoms with Gasteiger partial charge in [0.05, 0.1) is 17.1 Å². The van der Waals surface area contributed by atoms with Crippen LogP contribution in [0.15, 0.2) is 36.8 Å². The molecule has 1 N–H and O–H groups in total. The minimum atomic E-state index is -0.504. The van der Waals surface area contributed by atoms with Gasteiger partial charge in [0, 0.05) is 31.2 Å². The quantitative estimate of drug-likeness (QED) is 0.937. The van der Waals surface area contributed by atoms with Crippen molar-refractivity contribution in [1.29, 1.82) is 0 Å². The predicted octanol–water partition coefficient (Wildman–Crippen LogP) is 3.12. The Bertz CT molecular complexity index is 698.